The second-order valence-electron chi connectivity index (χ2n) is 14.9. The Hall–Kier alpha value is -4.51. The van der Waals surface area contributed by atoms with Crippen LogP contribution in [0.5, 0.6) is 0 Å². The highest BCUT2D eigenvalue weighted by atomic mass is 16.6. The van der Waals surface area contributed by atoms with Gasteiger partial charge in [0.15, 0.2) is 5.65 Å². The highest BCUT2D eigenvalue weighted by molar-refractivity contribution is 5.74. The van der Waals surface area contributed by atoms with Gasteiger partial charge in [-0.15, -0.1) is 0 Å². The molecule has 1 amide bonds. The minimum Gasteiger partial charge on any atom is -0.469 e. The molecule has 0 unspecified atom stereocenters. The molecular weight excluding hydrogens is 630 g/mol. The molecule has 266 valence electrons. The van der Waals surface area contributed by atoms with Crippen LogP contribution < -0.4 is 4.90 Å². The Morgan fingerprint density at radius 1 is 0.980 bits per heavy atom. The van der Waals surface area contributed by atoms with Gasteiger partial charge in [0.2, 0.25) is 0 Å². The van der Waals surface area contributed by atoms with Crippen molar-refractivity contribution in [1.82, 2.24) is 29.5 Å². The number of carbonyl (C=O) groups is 2. The highest BCUT2D eigenvalue weighted by Crippen LogP contribution is 2.32. The van der Waals surface area contributed by atoms with Crippen LogP contribution in [0.1, 0.15) is 68.6 Å². The third-order valence-electron chi connectivity index (χ3n) is 9.77. The van der Waals surface area contributed by atoms with E-state index in [4.69, 9.17) is 19.6 Å². The third-order valence-corrected chi connectivity index (χ3v) is 9.77. The van der Waals surface area contributed by atoms with Gasteiger partial charge in [-0.3, -0.25) is 4.79 Å². The molecule has 0 N–H and O–H groups in total. The van der Waals surface area contributed by atoms with Gasteiger partial charge in [0.25, 0.3) is 0 Å². The number of rotatable bonds is 10. The number of carbonyl (C=O) groups excluding carboxylic acids is 2. The number of esters is 1. The van der Waals surface area contributed by atoms with Crippen molar-refractivity contribution in [3.8, 4) is 5.69 Å². The zero-order valence-electron chi connectivity index (χ0n) is 30.4. The van der Waals surface area contributed by atoms with E-state index in [9.17, 15) is 9.59 Å². The number of anilines is 1. The summed E-state index contributed by atoms with van der Waals surface area (Å²) in [4.78, 5) is 41.4. The highest BCUT2D eigenvalue weighted by Gasteiger charge is 2.30. The Morgan fingerprint density at radius 3 is 2.48 bits per heavy atom. The van der Waals surface area contributed by atoms with Gasteiger partial charge in [-0.1, -0.05) is 0 Å². The average molecular weight is 682 g/mol. The Bertz CT molecular complexity index is 1810. The molecule has 0 aliphatic carbocycles. The number of likely N-dealkylation sites (tertiary alicyclic amines) is 1. The number of aryl methyl sites for hydroxylation is 3. The lowest BCUT2D eigenvalue weighted by Gasteiger charge is -2.37. The zero-order chi connectivity index (χ0) is 35.4. The molecule has 2 aliphatic rings. The quantitative estimate of drug-likeness (QED) is 0.184. The van der Waals surface area contributed by atoms with Crippen LogP contribution in [-0.4, -0.2) is 100 Å². The van der Waals surface area contributed by atoms with Crippen LogP contribution in [0, 0.1) is 19.8 Å². The van der Waals surface area contributed by atoms with E-state index in [2.05, 4.69) is 58.1 Å². The molecule has 11 heteroatoms. The number of benzene rings is 1. The van der Waals surface area contributed by atoms with Crippen molar-refractivity contribution in [2.24, 2.45) is 5.92 Å². The number of fused-ring (bicyclic) bond motifs is 1. The summed E-state index contributed by atoms with van der Waals surface area (Å²) in [6.45, 7) is 15.0. The topological polar surface area (TPSA) is 106 Å². The van der Waals surface area contributed by atoms with Crippen LogP contribution in [0.25, 0.3) is 16.7 Å². The predicted molar refractivity (Wildman–Crippen MR) is 195 cm³/mol. The van der Waals surface area contributed by atoms with Crippen molar-refractivity contribution in [2.75, 3.05) is 57.8 Å². The van der Waals surface area contributed by atoms with Crippen LogP contribution in [0.15, 0.2) is 54.7 Å². The van der Waals surface area contributed by atoms with Crippen molar-refractivity contribution in [2.45, 2.75) is 71.8 Å². The smallest absolute Gasteiger partial charge is 0.410 e. The van der Waals surface area contributed by atoms with Crippen LogP contribution in [0.3, 0.4) is 0 Å². The number of piperazine rings is 1. The first-order chi connectivity index (χ1) is 23.9. The van der Waals surface area contributed by atoms with Gasteiger partial charge in [-0.05, 0) is 120 Å². The Labute approximate surface area is 295 Å². The first kappa shape index (κ1) is 35.3. The molecule has 0 radical (unpaired) electrons. The number of amides is 1. The minimum absolute atomic E-state index is 0.0619. The number of nitrogens with zero attached hydrogens (tertiary/aromatic N) is 7. The summed E-state index contributed by atoms with van der Waals surface area (Å²) in [5, 5.41) is 5.87. The maximum Gasteiger partial charge on any atom is 0.410 e. The molecule has 0 bridgehead atoms. The SMILES string of the molecule is COC(=O)C[C@@H](CN1CC[C@@H](CCc2ccc3cccnc3n2)C1)c1cc(N2CCN(C(=O)OC(C)(C)C)CC2)cc(-n2nc(C)cc2C)c1. The lowest BCUT2D eigenvalue weighted by molar-refractivity contribution is -0.141. The lowest BCUT2D eigenvalue weighted by Crippen LogP contribution is -2.50. The van der Waals surface area contributed by atoms with Crippen molar-refractivity contribution >= 4 is 28.8 Å². The summed E-state index contributed by atoms with van der Waals surface area (Å²) >= 11 is 0. The molecule has 5 heterocycles. The summed E-state index contributed by atoms with van der Waals surface area (Å²) in [6, 6.07) is 16.9. The molecule has 2 fully saturated rings. The Balaban J connectivity index is 1.19. The van der Waals surface area contributed by atoms with Gasteiger partial charge in [0, 0.05) is 73.8 Å². The average Bonchev–Trinajstić information content (AvgIpc) is 3.70. The third kappa shape index (κ3) is 8.79. The van der Waals surface area contributed by atoms with Crippen molar-refractivity contribution < 1.29 is 19.1 Å². The summed E-state index contributed by atoms with van der Waals surface area (Å²) in [5.41, 5.74) is 6.45. The Morgan fingerprint density at radius 2 is 1.76 bits per heavy atom. The summed E-state index contributed by atoms with van der Waals surface area (Å²) in [7, 11) is 1.46. The molecule has 3 aromatic heterocycles. The molecule has 2 aliphatic heterocycles. The van der Waals surface area contributed by atoms with E-state index in [0.29, 0.717) is 32.1 Å². The second-order valence-corrected chi connectivity index (χ2v) is 14.9. The standard InChI is InChI=1S/C39H51N7O4/c1-27-20-28(2)46(42-27)35-22-31(21-34(24-35)44-16-18-45(19-17-44)38(48)50-39(3,4)5)32(23-36(47)49-6)26-43-15-13-29(25-43)9-11-33-12-10-30-8-7-14-40-37(30)41-33/h7-8,10,12,14,20-22,24,29,32H,9,11,13,15-19,23,25-26H2,1-6H3/t29-,32+/m1/s1. The van der Waals surface area contributed by atoms with Crippen LogP contribution in [0.4, 0.5) is 10.5 Å². The van der Waals surface area contributed by atoms with Gasteiger partial charge in [0.05, 0.1) is 24.9 Å². The van der Waals surface area contributed by atoms with Crippen molar-refractivity contribution in [3.05, 3.63) is 77.4 Å². The van der Waals surface area contributed by atoms with Gasteiger partial charge in [-0.2, -0.15) is 5.10 Å². The van der Waals surface area contributed by atoms with Gasteiger partial charge < -0.3 is 24.2 Å². The molecular formula is C39H51N7O4. The molecule has 0 spiro atoms. The fourth-order valence-corrected chi connectivity index (χ4v) is 7.20. The van der Waals surface area contributed by atoms with E-state index in [0.717, 1.165) is 84.0 Å². The number of methoxy groups -OCH3 is 1. The maximum absolute atomic E-state index is 12.9. The van der Waals surface area contributed by atoms with Gasteiger partial charge in [0.1, 0.15) is 5.60 Å². The fraction of sp³-hybridized carbons (Fsp3) is 0.513. The van der Waals surface area contributed by atoms with Gasteiger partial charge in [-0.25, -0.2) is 19.4 Å². The van der Waals surface area contributed by atoms with E-state index >= 15 is 0 Å². The number of hydrogen-bond donors (Lipinski definition) is 0. The summed E-state index contributed by atoms with van der Waals surface area (Å²) in [5.74, 6) is 0.284. The van der Waals surface area contributed by atoms with Gasteiger partial charge >= 0.3 is 12.1 Å². The van der Waals surface area contributed by atoms with Crippen molar-refractivity contribution in [1.29, 1.82) is 0 Å². The molecule has 4 aromatic rings. The first-order valence-electron chi connectivity index (χ1n) is 17.9. The van der Waals surface area contributed by atoms with E-state index in [1.54, 1.807) is 11.1 Å². The number of hydrogen-bond acceptors (Lipinski definition) is 9. The van der Waals surface area contributed by atoms with E-state index < -0.39 is 5.60 Å². The molecule has 1 aromatic carbocycles. The molecule has 6 rings (SSSR count). The predicted octanol–water partition coefficient (Wildman–Crippen LogP) is 6.09. The monoisotopic (exact) mass is 681 g/mol. The Kier molecular flexibility index (Phi) is 10.7. The first-order valence-corrected chi connectivity index (χ1v) is 17.9. The molecule has 0 saturated carbocycles. The maximum atomic E-state index is 12.9. The molecule has 50 heavy (non-hydrogen) atoms. The van der Waals surface area contributed by atoms with E-state index in [-0.39, 0.29) is 24.4 Å². The molecule has 2 saturated heterocycles. The van der Waals surface area contributed by atoms with Crippen LogP contribution in [0.2, 0.25) is 0 Å². The minimum atomic E-state index is -0.534. The zero-order valence-corrected chi connectivity index (χ0v) is 30.4. The number of pyridine rings is 2. The van der Waals surface area contributed by atoms with E-state index in [1.807, 2.05) is 44.5 Å². The molecule has 11 nitrogen and oxygen atoms in total. The number of aromatic nitrogens is 4. The fourth-order valence-electron chi connectivity index (χ4n) is 7.20. The normalized spacial score (nSPS) is 17.7. The summed E-state index contributed by atoms with van der Waals surface area (Å²) in [6.07, 6.45) is 4.92. The lowest BCUT2D eigenvalue weighted by atomic mass is 9.93. The number of ether oxygens (including phenoxy) is 2. The van der Waals surface area contributed by atoms with Crippen LogP contribution >= 0.6 is 0 Å². The van der Waals surface area contributed by atoms with Crippen molar-refractivity contribution in [3.63, 3.8) is 0 Å². The van der Waals surface area contributed by atoms with E-state index in [1.165, 1.54) is 7.11 Å². The second kappa shape index (κ2) is 15.2. The van der Waals surface area contributed by atoms with Crippen LogP contribution in [-0.2, 0) is 20.7 Å². The largest absolute Gasteiger partial charge is 0.469 e. The molecule has 2 atom stereocenters. The summed E-state index contributed by atoms with van der Waals surface area (Å²) < 4.78 is 12.8.